The van der Waals surface area contributed by atoms with Gasteiger partial charge in [-0.25, -0.2) is 19.7 Å². The number of aryl methyl sites for hydroxylation is 1. The Labute approximate surface area is 164 Å². The highest BCUT2D eigenvalue weighted by molar-refractivity contribution is 5.93. The molecular formula is C21H23N5O2. The second-order valence-corrected chi connectivity index (χ2v) is 7.00. The van der Waals surface area contributed by atoms with Crippen LogP contribution < -0.4 is 9.80 Å². The molecule has 1 saturated heterocycles. The fourth-order valence-electron chi connectivity index (χ4n) is 3.67. The predicted octanol–water partition coefficient (Wildman–Crippen LogP) is 2.83. The normalized spacial score (nSPS) is 17.0. The number of anilines is 2. The van der Waals surface area contributed by atoms with E-state index in [1.54, 1.807) is 12.1 Å². The van der Waals surface area contributed by atoms with Crippen molar-refractivity contribution in [1.29, 1.82) is 0 Å². The first-order valence-corrected chi connectivity index (χ1v) is 9.36. The van der Waals surface area contributed by atoms with Crippen molar-refractivity contribution in [3.8, 4) is 0 Å². The molecule has 3 aromatic rings. The van der Waals surface area contributed by atoms with Gasteiger partial charge in [0.05, 0.1) is 29.4 Å². The molecule has 0 radical (unpaired) electrons. The van der Waals surface area contributed by atoms with Crippen molar-refractivity contribution in [1.82, 2.24) is 15.0 Å². The maximum atomic E-state index is 11.8. The van der Waals surface area contributed by atoms with Crippen molar-refractivity contribution < 1.29 is 9.53 Å². The number of carbonyl (C=O) groups excluding carboxylic acids is 1. The first-order valence-electron chi connectivity index (χ1n) is 9.36. The molecular weight excluding hydrogens is 354 g/mol. The minimum atomic E-state index is -0.372. The van der Waals surface area contributed by atoms with Crippen LogP contribution in [0.15, 0.2) is 42.6 Å². The lowest BCUT2D eigenvalue weighted by molar-refractivity contribution is 0.0601. The molecule has 7 nitrogen and oxygen atoms in total. The van der Waals surface area contributed by atoms with Crippen LogP contribution in [0.2, 0.25) is 0 Å². The smallest absolute Gasteiger partial charge is 0.337 e. The first kappa shape index (κ1) is 18.2. The molecule has 0 aliphatic carbocycles. The van der Waals surface area contributed by atoms with Crippen LogP contribution in [0, 0.1) is 6.92 Å². The van der Waals surface area contributed by atoms with Gasteiger partial charge in [-0.05, 0) is 44.2 Å². The second-order valence-electron chi connectivity index (χ2n) is 7.00. The summed E-state index contributed by atoms with van der Waals surface area (Å²) < 4.78 is 4.82. The summed E-state index contributed by atoms with van der Waals surface area (Å²) in [5, 5.41) is 0. The van der Waals surface area contributed by atoms with Gasteiger partial charge in [-0.1, -0.05) is 6.07 Å². The Kier molecular flexibility index (Phi) is 4.81. The number of rotatable bonds is 3. The first-order chi connectivity index (χ1) is 13.6. The van der Waals surface area contributed by atoms with E-state index in [2.05, 4.69) is 21.7 Å². The van der Waals surface area contributed by atoms with Crippen LogP contribution in [0.4, 0.5) is 11.6 Å². The van der Waals surface area contributed by atoms with Gasteiger partial charge in [-0.3, -0.25) is 0 Å². The van der Waals surface area contributed by atoms with Gasteiger partial charge < -0.3 is 14.5 Å². The molecule has 0 bridgehead atoms. The zero-order valence-electron chi connectivity index (χ0n) is 16.3. The Balaban J connectivity index is 1.63. The van der Waals surface area contributed by atoms with Crippen LogP contribution in [0.1, 0.15) is 23.0 Å². The number of aromatic nitrogens is 3. The molecule has 1 fully saturated rings. The zero-order valence-corrected chi connectivity index (χ0v) is 16.3. The molecule has 0 amide bonds. The molecule has 1 aliphatic rings. The summed E-state index contributed by atoms with van der Waals surface area (Å²) in [5.74, 6) is 1.49. The molecule has 2 aromatic heterocycles. The van der Waals surface area contributed by atoms with Gasteiger partial charge in [0.25, 0.3) is 0 Å². The van der Waals surface area contributed by atoms with Gasteiger partial charge in [0.2, 0.25) is 0 Å². The third kappa shape index (κ3) is 3.35. The van der Waals surface area contributed by atoms with Gasteiger partial charge in [-0.15, -0.1) is 0 Å². The standard InChI is InChI=1S/C21H23N5O2/c1-14-13-25(19-6-4-5-9-22-19)10-11-26(14)20-15(2)23-17-8-7-16(21(27)28-3)12-18(17)24-20/h4-9,12,14H,10-11,13H2,1-3H3/t14-/m0/s1. The van der Waals surface area contributed by atoms with E-state index >= 15 is 0 Å². The molecule has 1 atom stereocenters. The fraction of sp³-hybridized carbons (Fsp3) is 0.333. The number of pyridine rings is 1. The van der Waals surface area contributed by atoms with Gasteiger partial charge in [0.15, 0.2) is 5.82 Å². The molecule has 144 valence electrons. The number of carbonyl (C=O) groups is 1. The monoisotopic (exact) mass is 377 g/mol. The Morgan fingerprint density at radius 2 is 2.00 bits per heavy atom. The van der Waals surface area contributed by atoms with E-state index in [1.165, 1.54) is 7.11 Å². The predicted molar refractivity (Wildman–Crippen MR) is 109 cm³/mol. The Morgan fingerprint density at radius 3 is 2.71 bits per heavy atom. The molecule has 0 spiro atoms. The minimum Gasteiger partial charge on any atom is -0.465 e. The summed E-state index contributed by atoms with van der Waals surface area (Å²) >= 11 is 0. The molecule has 3 heterocycles. The molecule has 0 saturated carbocycles. The third-order valence-electron chi connectivity index (χ3n) is 5.11. The number of nitrogens with zero attached hydrogens (tertiary/aromatic N) is 5. The highest BCUT2D eigenvalue weighted by Crippen LogP contribution is 2.26. The van der Waals surface area contributed by atoms with Crippen LogP contribution >= 0.6 is 0 Å². The lowest BCUT2D eigenvalue weighted by atomic mass is 10.1. The maximum absolute atomic E-state index is 11.8. The summed E-state index contributed by atoms with van der Waals surface area (Å²) in [6.07, 6.45) is 1.82. The molecule has 7 heteroatoms. The number of benzene rings is 1. The Bertz CT molecular complexity index is 1010. The zero-order chi connectivity index (χ0) is 19.7. The minimum absolute atomic E-state index is 0.255. The van der Waals surface area contributed by atoms with E-state index in [1.807, 2.05) is 37.4 Å². The SMILES string of the molecule is COC(=O)c1ccc2nc(C)c(N3CCN(c4ccccn4)C[C@@H]3C)nc2c1. The Morgan fingerprint density at radius 1 is 1.14 bits per heavy atom. The number of methoxy groups -OCH3 is 1. The van der Waals surface area contributed by atoms with Crippen LogP contribution in [-0.2, 0) is 4.74 Å². The van der Waals surface area contributed by atoms with E-state index in [0.29, 0.717) is 11.1 Å². The van der Waals surface area contributed by atoms with Crippen molar-refractivity contribution in [3.63, 3.8) is 0 Å². The van der Waals surface area contributed by atoms with Crippen molar-refractivity contribution >= 4 is 28.6 Å². The molecule has 4 rings (SSSR count). The van der Waals surface area contributed by atoms with Crippen LogP contribution in [0.3, 0.4) is 0 Å². The van der Waals surface area contributed by atoms with E-state index in [0.717, 1.165) is 42.5 Å². The van der Waals surface area contributed by atoms with Crippen molar-refractivity contribution in [3.05, 3.63) is 53.9 Å². The highest BCUT2D eigenvalue weighted by atomic mass is 16.5. The molecule has 1 aromatic carbocycles. The quantitative estimate of drug-likeness (QED) is 0.650. The summed E-state index contributed by atoms with van der Waals surface area (Å²) in [5.41, 5.74) is 2.83. The number of ether oxygens (including phenoxy) is 1. The van der Waals surface area contributed by atoms with Crippen LogP contribution in [0.25, 0.3) is 11.0 Å². The van der Waals surface area contributed by atoms with Gasteiger partial charge in [0.1, 0.15) is 5.82 Å². The van der Waals surface area contributed by atoms with E-state index in [9.17, 15) is 4.79 Å². The highest BCUT2D eigenvalue weighted by Gasteiger charge is 2.27. The van der Waals surface area contributed by atoms with E-state index in [4.69, 9.17) is 14.7 Å². The number of esters is 1. The third-order valence-corrected chi connectivity index (χ3v) is 5.11. The van der Waals surface area contributed by atoms with E-state index in [-0.39, 0.29) is 12.0 Å². The summed E-state index contributed by atoms with van der Waals surface area (Å²) in [6, 6.07) is 11.5. The van der Waals surface area contributed by atoms with Crippen molar-refractivity contribution in [2.75, 3.05) is 36.5 Å². The van der Waals surface area contributed by atoms with Crippen LogP contribution in [-0.4, -0.2) is 53.7 Å². The largest absolute Gasteiger partial charge is 0.465 e. The summed E-state index contributed by atoms with van der Waals surface area (Å²) in [6.45, 7) is 6.72. The van der Waals surface area contributed by atoms with Gasteiger partial charge in [0, 0.05) is 31.9 Å². The maximum Gasteiger partial charge on any atom is 0.337 e. The average Bonchev–Trinajstić information content (AvgIpc) is 2.73. The number of hydrogen-bond donors (Lipinski definition) is 0. The fourth-order valence-corrected chi connectivity index (χ4v) is 3.67. The van der Waals surface area contributed by atoms with Gasteiger partial charge >= 0.3 is 5.97 Å². The number of hydrogen-bond acceptors (Lipinski definition) is 7. The summed E-state index contributed by atoms with van der Waals surface area (Å²) in [7, 11) is 1.38. The molecule has 0 N–H and O–H groups in total. The number of piperazine rings is 1. The lowest BCUT2D eigenvalue weighted by Crippen LogP contribution is -2.53. The average molecular weight is 377 g/mol. The van der Waals surface area contributed by atoms with Crippen molar-refractivity contribution in [2.45, 2.75) is 19.9 Å². The lowest BCUT2D eigenvalue weighted by Gasteiger charge is -2.41. The van der Waals surface area contributed by atoms with Crippen LogP contribution in [0.5, 0.6) is 0 Å². The topological polar surface area (TPSA) is 71.5 Å². The number of fused-ring (bicyclic) bond motifs is 1. The van der Waals surface area contributed by atoms with Crippen molar-refractivity contribution in [2.24, 2.45) is 0 Å². The van der Waals surface area contributed by atoms with Gasteiger partial charge in [-0.2, -0.15) is 0 Å². The molecule has 28 heavy (non-hydrogen) atoms. The second kappa shape index (κ2) is 7.42. The van der Waals surface area contributed by atoms with E-state index < -0.39 is 0 Å². The molecule has 1 aliphatic heterocycles. The summed E-state index contributed by atoms with van der Waals surface area (Å²) in [4.78, 5) is 30.4. The molecule has 0 unspecified atom stereocenters. The Hall–Kier alpha value is -3.22.